The molecular weight excluding hydrogens is 773 g/mol. The van der Waals surface area contributed by atoms with E-state index in [4.69, 9.17) is 0 Å². The van der Waals surface area contributed by atoms with Crippen molar-refractivity contribution in [1.82, 2.24) is 29.9 Å². The number of nitrogens with zero attached hydrogens (tertiary/aromatic N) is 7. The predicted molar refractivity (Wildman–Crippen MR) is 217 cm³/mol. The summed E-state index contributed by atoms with van der Waals surface area (Å²) in [5.74, 6) is -1.58. The maximum Gasteiger partial charge on any atom is 0.412 e. The summed E-state index contributed by atoms with van der Waals surface area (Å²) >= 11 is 0. The van der Waals surface area contributed by atoms with Crippen molar-refractivity contribution in [2.45, 2.75) is 51.7 Å². The molecule has 1 aromatic heterocycles. The van der Waals surface area contributed by atoms with E-state index in [1.54, 1.807) is 65.6 Å². The van der Waals surface area contributed by atoms with Crippen LogP contribution in [-0.2, 0) is 22.7 Å². The minimum Gasteiger partial charge on any atom is -0.508 e. The van der Waals surface area contributed by atoms with Crippen molar-refractivity contribution in [3.05, 3.63) is 107 Å². The van der Waals surface area contributed by atoms with Crippen molar-refractivity contribution in [2.24, 2.45) is 0 Å². The Morgan fingerprint density at radius 2 is 1.55 bits per heavy atom. The number of piperazine rings is 1. The zero-order valence-corrected chi connectivity index (χ0v) is 32.8. The number of piperidine rings is 1. The molecule has 3 aliphatic heterocycles. The highest BCUT2D eigenvalue weighted by molar-refractivity contribution is 6.06. The number of fused-ring (bicyclic) bond motifs is 1. The Balaban J connectivity index is 0.904. The van der Waals surface area contributed by atoms with Gasteiger partial charge in [-0.25, -0.2) is 9.36 Å². The Morgan fingerprint density at radius 3 is 2.22 bits per heavy atom. The average molecular weight is 815 g/mol. The largest absolute Gasteiger partial charge is 0.508 e. The molecule has 17 heteroatoms. The monoisotopic (exact) mass is 814 g/mol. The number of anilines is 2. The molecule has 0 spiro atoms. The van der Waals surface area contributed by atoms with Gasteiger partial charge in [-0.1, -0.05) is 37.1 Å². The standard InChI is InChI=1S/C43H42N8O9/c1-24(2)30-20-31(36(53)21-35(30)52)38-45-46-42(58)51(38)28-12-10-27(11-13-28)47-16-18-48(19-17-47)40(56)26-8-6-25(7-9-26)22-50(43(59)60)33-5-3-4-29-32(33)23-49(41(29)57)34-14-15-37(54)44-39(34)55/h3-13,20-21,24,34,52-53H,14-19,22-23H2,1-2H3,(H,46,58)(H,59,60)(H,44,54,55). The van der Waals surface area contributed by atoms with Gasteiger partial charge in [0.15, 0.2) is 5.82 Å². The summed E-state index contributed by atoms with van der Waals surface area (Å²) < 4.78 is 1.41. The van der Waals surface area contributed by atoms with Crippen LogP contribution in [-0.4, -0.2) is 107 Å². The number of benzene rings is 4. The fourth-order valence-electron chi connectivity index (χ4n) is 8.10. The van der Waals surface area contributed by atoms with Gasteiger partial charge in [0, 0.05) is 67.6 Å². The van der Waals surface area contributed by atoms with E-state index in [0.29, 0.717) is 70.9 Å². The van der Waals surface area contributed by atoms with E-state index < -0.39 is 29.9 Å². The number of carbonyl (C=O) groups excluding carboxylic acids is 4. The minimum absolute atomic E-state index is 0.0224. The summed E-state index contributed by atoms with van der Waals surface area (Å²) in [5, 5.41) is 52.1. The number of aromatic hydroxyl groups is 3. The van der Waals surface area contributed by atoms with Gasteiger partial charge in [-0.2, -0.15) is 0 Å². The van der Waals surface area contributed by atoms with E-state index in [-0.39, 0.29) is 61.1 Å². The molecule has 5 aromatic rings. The van der Waals surface area contributed by atoms with Crippen LogP contribution in [0.25, 0.3) is 17.1 Å². The van der Waals surface area contributed by atoms with Gasteiger partial charge in [0.05, 0.1) is 23.5 Å². The molecule has 8 rings (SSSR count). The Labute approximate surface area is 343 Å². The Morgan fingerprint density at radius 1 is 0.850 bits per heavy atom. The number of phenolic OH excluding ortho intramolecular Hbond substituents is 2. The maximum atomic E-state index is 13.6. The van der Waals surface area contributed by atoms with Crippen LogP contribution >= 0.6 is 0 Å². The molecule has 4 aromatic carbocycles. The molecule has 1 atom stereocenters. The van der Waals surface area contributed by atoms with Crippen molar-refractivity contribution in [3.8, 4) is 34.6 Å². The van der Waals surface area contributed by atoms with Crippen molar-refractivity contribution in [1.29, 1.82) is 0 Å². The molecule has 0 aliphatic carbocycles. The van der Waals surface area contributed by atoms with Crippen molar-refractivity contribution in [3.63, 3.8) is 0 Å². The van der Waals surface area contributed by atoms with Crippen LogP contribution in [0.1, 0.15) is 70.0 Å². The van der Waals surface area contributed by atoms with Crippen LogP contribution < -0.4 is 15.1 Å². The van der Waals surface area contributed by atoms with Crippen LogP contribution in [0.5, 0.6) is 17.5 Å². The number of hydrogen-bond donors (Lipinski definition) is 5. The second-order valence-electron chi connectivity index (χ2n) is 15.3. The van der Waals surface area contributed by atoms with Gasteiger partial charge in [-0.3, -0.25) is 29.4 Å². The quantitative estimate of drug-likeness (QED) is 0.129. The number of imide groups is 1. The number of carboxylic acid groups (broad SMARTS) is 1. The first-order chi connectivity index (χ1) is 28.8. The Hall–Kier alpha value is -7.43. The van der Waals surface area contributed by atoms with Crippen molar-refractivity contribution in [2.75, 3.05) is 36.0 Å². The number of amides is 5. The fourth-order valence-corrected chi connectivity index (χ4v) is 8.10. The van der Waals surface area contributed by atoms with Crippen LogP contribution in [0.2, 0.25) is 0 Å². The summed E-state index contributed by atoms with van der Waals surface area (Å²) in [5.41, 5.74) is 4.54. The molecule has 3 aliphatic rings. The van der Waals surface area contributed by atoms with E-state index in [0.717, 1.165) is 10.6 Å². The molecule has 60 heavy (non-hydrogen) atoms. The topological polar surface area (TPSA) is 222 Å². The molecule has 0 bridgehead atoms. The molecule has 2 saturated heterocycles. The molecule has 0 radical (unpaired) electrons. The molecule has 2 fully saturated rings. The summed E-state index contributed by atoms with van der Waals surface area (Å²) in [7, 11) is 0. The lowest BCUT2D eigenvalue weighted by Gasteiger charge is -2.36. The lowest BCUT2D eigenvalue weighted by Crippen LogP contribution is -2.52. The third-order valence-electron chi connectivity index (χ3n) is 11.3. The lowest BCUT2D eigenvalue weighted by atomic mass is 9.98. The maximum absolute atomic E-state index is 13.6. The van der Waals surface area contributed by atoms with Crippen molar-refractivity contribution < 1.29 is 44.4 Å². The molecule has 5 N–H and O–H groups in total. The highest BCUT2D eigenvalue weighted by atomic mass is 16.4. The smallest absolute Gasteiger partial charge is 0.412 e. The number of aromatic nitrogens is 3. The minimum atomic E-state index is -1.24. The van der Waals surface area contributed by atoms with E-state index >= 15 is 0 Å². The summed E-state index contributed by atoms with van der Waals surface area (Å²) in [6.07, 6.45) is -0.944. The SMILES string of the molecule is CC(C)c1cc(-c2nnc(O)n2-c2ccc(N3CCN(C(=O)c4ccc(CN(C(=O)O)c5cccc6c5CN(C5CCC(=O)NC5=O)C6=O)cc4)CC3)cc2)c(O)cc1O. The second kappa shape index (κ2) is 15.7. The molecule has 4 heterocycles. The van der Waals surface area contributed by atoms with E-state index in [1.807, 2.05) is 26.0 Å². The van der Waals surface area contributed by atoms with Gasteiger partial charge in [-0.15, -0.1) is 5.10 Å². The molecule has 308 valence electrons. The number of rotatable bonds is 9. The zero-order chi connectivity index (χ0) is 42.4. The van der Waals surface area contributed by atoms with Crippen LogP contribution in [0.15, 0.2) is 78.9 Å². The van der Waals surface area contributed by atoms with Gasteiger partial charge < -0.3 is 35.1 Å². The molecular formula is C43H42N8O9. The summed E-state index contributed by atoms with van der Waals surface area (Å²) in [6.45, 7) is 5.82. The van der Waals surface area contributed by atoms with E-state index in [2.05, 4.69) is 20.4 Å². The van der Waals surface area contributed by atoms with Crippen LogP contribution in [0, 0.1) is 0 Å². The fraction of sp³-hybridized carbons (Fsp3) is 0.279. The third-order valence-corrected chi connectivity index (χ3v) is 11.3. The first-order valence-electron chi connectivity index (χ1n) is 19.5. The van der Waals surface area contributed by atoms with Gasteiger partial charge >= 0.3 is 12.1 Å². The molecule has 17 nitrogen and oxygen atoms in total. The van der Waals surface area contributed by atoms with Gasteiger partial charge in [0.25, 0.3) is 11.8 Å². The highest BCUT2D eigenvalue weighted by Gasteiger charge is 2.41. The first-order valence-corrected chi connectivity index (χ1v) is 19.5. The second-order valence-corrected chi connectivity index (χ2v) is 15.3. The Bertz CT molecular complexity index is 2530. The third kappa shape index (κ3) is 7.29. The predicted octanol–water partition coefficient (Wildman–Crippen LogP) is 4.58. The number of carbonyl (C=O) groups is 5. The van der Waals surface area contributed by atoms with E-state index in [9.17, 15) is 44.4 Å². The molecule has 1 unspecified atom stereocenters. The normalized spacial score (nSPS) is 16.6. The average Bonchev–Trinajstić information content (AvgIpc) is 3.78. The lowest BCUT2D eigenvalue weighted by molar-refractivity contribution is -0.136. The number of hydrogen-bond acceptors (Lipinski definition) is 11. The highest BCUT2D eigenvalue weighted by Crippen LogP contribution is 2.39. The number of nitrogens with one attached hydrogen (secondary N) is 1. The van der Waals surface area contributed by atoms with Gasteiger partial charge in [-0.05, 0) is 78.1 Å². The summed E-state index contributed by atoms with van der Waals surface area (Å²) in [6, 6.07) is 20.6. The van der Waals surface area contributed by atoms with Crippen LogP contribution in [0.4, 0.5) is 16.2 Å². The number of phenols is 2. The molecule has 0 saturated carbocycles. The van der Waals surface area contributed by atoms with E-state index in [1.165, 1.54) is 15.5 Å². The van der Waals surface area contributed by atoms with Crippen molar-refractivity contribution >= 4 is 41.1 Å². The van der Waals surface area contributed by atoms with Crippen LogP contribution in [0.3, 0.4) is 0 Å². The van der Waals surface area contributed by atoms with Gasteiger partial charge in [0.2, 0.25) is 11.8 Å². The summed E-state index contributed by atoms with van der Waals surface area (Å²) in [4.78, 5) is 70.2. The Kier molecular flexibility index (Phi) is 10.3. The molecule has 5 amide bonds. The first kappa shape index (κ1) is 39.4. The zero-order valence-electron chi connectivity index (χ0n) is 32.8. The van der Waals surface area contributed by atoms with Gasteiger partial charge in [0.1, 0.15) is 17.5 Å².